The lowest BCUT2D eigenvalue weighted by Crippen LogP contribution is -2.32. The molecule has 0 unspecified atom stereocenters. The number of aliphatic carboxylic acids is 1. The average molecular weight is 275 g/mol. The Morgan fingerprint density at radius 2 is 1.95 bits per heavy atom. The van der Waals surface area contributed by atoms with Crippen LogP contribution < -0.4 is 5.32 Å². The number of carboxylic acid groups (broad SMARTS) is 1. The summed E-state index contributed by atoms with van der Waals surface area (Å²) in [6.07, 6.45) is 3.72. The maximum absolute atomic E-state index is 12.0. The van der Waals surface area contributed by atoms with Gasteiger partial charge in [-0.3, -0.25) is 9.59 Å². The summed E-state index contributed by atoms with van der Waals surface area (Å²) < 4.78 is 0. The minimum atomic E-state index is -0.843. The van der Waals surface area contributed by atoms with Crippen LogP contribution >= 0.6 is 0 Å². The van der Waals surface area contributed by atoms with Crippen molar-refractivity contribution in [2.24, 2.45) is 5.41 Å². The molecule has 1 aliphatic rings. The second-order valence-electron chi connectivity index (χ2n) is 6.03. The number of aryl methyl sites for hydroxylation is 2. The normalized spacial score (nSPS) is 13.9. The first-order valence-electron chi connectivity index (χ1n) is 7.03. The molecule has 0 atom stereocenters. The van der Waals surface area contributed by atoms with E-state index in [4.69, 9.17) is 5.11 Å². The van der Waals surface area contributed by atoms with Crippen LogP contribution in [0.3, 0.4) is 0 Å². The number of nitrogens with one attached hydrogen (secondary N) is 1. The number of carboxylic acids is 1. The van der Waals surface area contributed by atoms with Gasteiger partial charge in [-0.2, -0.15) is 0 Å². The van der Waals surface area contributed by atoms with Gasteiger partial charge in [0, 0.05) is 12.1 Å². The summed E-state index contributed by atoms with van der Waals surface area (Å²) in [7, 11) is 0. The highest BCUT2D eigenvalue weighted by molar-refractivity contribution is 5.94. The zero-order valence-electron chi connectivity index (χ0n) is 12.0. The number of carbonyl (C=O) groups excluding carboxylic acids is 1. The average Bonchev–Trinajstić information content (AvgIpc) is 2.85. The van der Waals surface area contributed by atoms with E-state index in [0.717, 1.165) is 19.3 Å². The van der Waals surface area contributed by atoms with Gasteiger partial charge in [-0.1, -0.05) is 6.07 Å². The van der Waals surface area contributed by atoms with E-state index in [2.05, 4.69) is 5.32 Å². The van der Waals surface area contributed by atoms with E-state index in [1.54, 1.807) is 13.8 Å². The van der Waals surface area contributed by atoms with Crippen molar-refractivity contribution in [3.05, 3.63) is 34.9 Å². The quantitative estimate of drug-likeness (QED) is 0.867. The number of hydrogen-bond donors (Lipinski definition) is 2. The molecule has 0 bridgehead atoms. The van der Waals surface area contributed by atoms with Crippen molar-refractivity contribution in [2.45, 2.75) is 39.5 Å². The van der Waals surface area contributed by atoms with Crippen LogP contribution in [0.25, 0.3) is 0 Å². The minimum absolute atomic E-state index is 0.124. The fraction of sp³-hybridized carbons (Fsp3) is 0.500. The molecule has 0 fully saturated rings. The molecular formula is C16H21NO3. The molecule has 1 aliphatic carbocycles. The van der Waals surface area contributed by atoms with Crippen LogP contribution in [0.4, 0.5) is 0 Å². The predicted octanol–water partition coefficient (Wildman–Crippen LogP) is 2.41. The third-order valence-corrected chi connectivity index (χ3v) is 3.98. The monoisotopic (exact) mass is 275 g/mol. The molecule has 0 aromatic heterocycles. The molecule has 4 nitrogen and oxygen atoms in total. The van der Waals surface area contributed by atoms with Gasteiger partial charge in [0.05, 0.1) is 5.41 Å². The Balaban J connectivity index is 1.91. The molecule has 0 heterocycles. The fourth-order valence-corrected chi connectivity index (χ4v) is 2.41. The molecule has 2 rings (SSSR count). The third-order valence-electron chi connectivity index (χ3n) is 3.98. The topological polar surface area (TPSA) is 66.4 Å². The minimum Gasteiger partial charge on any atom is -0.481 e. The molecule has 20 heavy (non-hydrogen) atoms. The molecule has 1 amide bonds. The molecule has 0 aliphatic heterocycles. The van der Waals surface area contributed by atoms with Gasteiger partial charge in [-0.05, 0) is 62.8 Å². The van der Waals surface area contributed by atoms with Crippen molar-refractivity contribution in [2.75, 3.05) is 6.54 Å². The van der Waals surface area contributed by atoms with Gasteiger partial charge < -0.3 is 10.4 Å². The number of carbonyl (C=O) groups is 2. The summed E-state index contributed by atoms with van der Waals surface area (Å²) in [5, 5.41) is 11.8. The first kappa shape index (κ1) is 14.6. The molecule has 1 aromatic carbocycles. The van der Waals surface area contributed by atoms with Crippen LogP contribution in [-0.2, 0) is 17.6 Å². The molecule has 4 heteroatoms. The largest absolute Gasteiger partial charge is 0.481 e. The molecular weight excluding hydrogens is 254 g/mol. The molecule has 108 valence electrons. The number of hydrogen-bond acceptors (Lipinski definition) is 2. The van der Waals surface area contributed by atoms with Crippen LogP contribution in [0.1, 0.15) is 48.2 Å². The van der Waals surface area contributed by atoms with Crippen LogP contribution in [0.2, 0.25) is 0 Å². The van der Waals surface area contributed by atoms with Gasteiger partial charge in [-0.15, -0.1) is 0 Å². The van der Waals surface area contributed by atoms with Gasteiger partial charge in [0.25, 0.3) is 5.91 Å². The maximum Gasteiger partial charge on any atom is 0.309 e. The molecule has 2 N–H and O–H groups in total. The lowest BCUT2D eigenvalue weighted by Gasteiger charge is -2.18. The van der Waals surface area contributed by atoms with E-state index in [0.29, 0.717) is 18.5 Å². The van der Waals surface area contributed by atoms with Crippen molar-refractivity contribution in [1.29, 1.82) is 0 Å². The first-order chi connectivity index (χ1) is 9.40. The SMILES string of the molecule is CC(C)(CCNC(=O)c1ccc2c(c1)CCC2)C(=O)O. The Morgan fingerprint density at radius 3 is 2.65 bits per heavy atom. The van der Waals surface area contributed by atoms with E-state index < -0.39 is 11.4 Å². The Labute approximate surface area is 119 Å². The number of rotatable bonds is 5. The van der Waals surface area contributed by atoms with E-state index in [1.807, 2.05) is 18.2 Å². The van der Waals surface area contributed by atoms with E-state index in [1.165, 1.54) is 11.1 Å². The molecule has 0 saturated carbocycles. The zero-order chi connectivity index (χ0) is 14.8. The van der Waals surface area contributed by atoms with Gasteiger partial charge in [-0.25, -0.2) is 0 Å². The van der Waals surface area contributed by atoms with E-state index in [9.17, 15) is 9.59 Å². The van der Waals surface area contributed by atoms with Crippen molar-refractivity contribution in [1.82, 2.24) is 5.32 Å². The Morgan fingerprint density at radius 1 is 1.25 bits per heavy atom. The van der Waals surface area contributed by atoms with Gasteiger partial charge in [0.15, 0.2) is 0 Å². The molecule has 0 spiro atoms. The van der Waals surface area contributed by atoms with Crippen LogP contribution in [-0.4, -0.2) is 23.5 Å². The predicted molar refractivity (Wildman–Crippen MR) is 76.8 cm³/mol. The van der Waals surface area contributed by atoms with Crippen LogP contribution in [0.5, 0.6) is 0 Å². The summed E-state index contributed by atoms with van der Waals surface area (Å²) >= 11 is 0. The summed E-state index contributed by atoms with van der Waals surface area (Å²) in [5.74, 6) is -0.967. The van der Waals surface area contributed by atoms with Gasteiger partial charge >= 0.3 is 5.97 Å². The first-order valence-corrected chi connectivity index (χ1v) is 7.03. The Bertz CT molecular complexity index is 535. The summed E-state index contributed by atoms with van der Waals surface area (Å²) in [4.78, 5) is 23.0. The van der Waals surface area contributed by atoms with Gasteiger partial charge in [0.1, 0.15) is 0 Å². The van der Waals surface area contributed by atoms with E-state index >= 15 is 0 Å². The second-order valence-corrected chi connectivity index (χ2v) is 6.03. The highest BCUT2D eigenvalue weighted by Gasteiger charge is 2.26. The Kier molecular flexibility index (Phi) is 4.12. The van der Waals surface area contributed by atoms with Crippen LogP contribution in [0, 0.1) is 5.41 Å². The molecule has 1 aromatic rings. The number of fused-ring (bicyclic) bond motifs is 1. The van der Waals surface area contributed by atoms with Crippen LogP contribution in [0.15, 0.2) is 18.2 Å². The van der Waals surface area contributed by atoms with Crippen molar-refractivity contribution in [3.8, 4) is 0 Å². The van der Waals surface area contributed by atoms with Crippen molar-refractivity contribution < 1.29 is 14.7 Å². The third kappa shape index (κ3) is 3.18. The lowest BCUT2D eigenvalue weighted by molar-refractivity contribution is -0.147. The summed E-state index contributed by atoms with van der Waals surface area (Å²) in [5.41, 5.74) is 2.46. The molecule has 0 radical (unpaired) electrons. The van der Waals surface area contributed by atoms with Crippen molar-refractivity contribution >= 4 is 11.9 Å². The summed E-state index contributed by atoms with van der Waals surface area (Å²) in [6, 6.07) is 5.83. The standard InChI is InChI=1S/C16H21NO3/c1-16(2,15(19)20)8-9-17-14(18)13-7-6-11-4-3-5-12(11)10-13/h6-7,10H,3-5,8-9H2,1-2H3,(H,17,18)(H,19,20). The fourth-order valence-electron chi connectivity index (χ4n) is 2.41. The Hall–Kier alpha value is -1.84. The zero-order valence-corrected chi connectivity index (χ0v) is 12.0. The summed E-state index contributed by atoms with van der Waals surface area (Å²) in [6.45, 7) is 3.70. The second kappa shape index (κ2) is 5.65. The number of amides is 1. The molecule has 0 saturated heterocycles. The smallest absolute Gasteiger partial charge is 0.309 e. The highest BCUT2D eigenvalue weighted by atomic mass is 16.4. The van der Waals surface area contributed by atoms with Crippen molar-refractivity contribution in [3.63, 3.8) is 0 Å². The van der Waals surface area contributed by atoms with Gasteiger partial charge in [0.2, 0.25) is 0 Å². The van der Waals surface area contributed by atoms with E-state index in [-0.39, 0.29) is 5.91 Å². The maximum atomic E-state index is 12.0. The lowest BCUT2D eigenvalue weighted by atomic mass is 9.89. The number of benzene rings is 1. The highest BCUT2D eigenvalue weighted by Crippen LogP contribution is 2.23.